The van der Waals surface area contributed by atoms with Gasteiger partial charge in [-0.1, -0.05) is 12.1 Å². The van der Waals surface area contributed by atoms with Gasteiger partial charge in [-0.25, -0.2) is 0 Å². The number of aryl methyl sites for hydroxylation is 2. The van der Waals surface area contributed by atoms with E-state index in [9.17, 15) is 4.79 Å². The number of nitrogens with zero attached hydrogens (tertiary/aromatic N) is 1. The van der Waals surface area contributed by atoms with Crippen molar-refractivity contribution in [1.29, 1.82) is 0 Å². The van der Waals surface area contributed by atoms with Crippen LogP contribution in [-0.2, 0) is 4.79 Å². The molecule has 1 aromatic heterocycles. The predicted octanol–water partition coefficient (Wildman–Crippen LogP) is 3.27. The van der Waals surface area contributed by atoms with Gasteiger partial charge in [-0.3, -0.25) is 4.79 Å². The number of benzene rings is 1. The second kappa shape index (κ2) is 5.31. The van der Waals surface area contributed by atoms with Crippen molar-refractivity contribution in [3.63, 3.8) is 0 Å². The summed E-state index contributed by atoms with van der Waals surface area (Å²) in [5.41, 5.74) is 3.34. The highest BCUT2D eigenvalue weighted by Gasteiger charge is 2.10. The Hall–Kier alpha value is -1.68. The first-order chi connectivity index (χ1) is 8.59. The van der Waals surface area contributed by atoms with Crippen molar-refractivity contribution < 1.29 is 9.90 Å². The highest BCUT2D eigenvalue weighted by Crippen LogP contribution is 2.28. The number of aliphatic carboxylic acids is 1. The van der Waals surface area contributed by atoms with Crippen LogP contribution in [0, 0.1) is 13.8 Å². The van der Waals surface area contributed by atoms with Gasteiger partial charge in [-0.15, -0.1) is 11.8 Å². The largest absolute Gasteiger partial charge is 0.481 e. The Labute approximate surface area is 110 Å². The summed E-state index contributed by atoms with van der Waals surface area (Å²) >= 11 is 1.35. The minimum Gasteiger partial charge on any atom is -0.481 e. The zero-order chi connectivity index (χ0) is 13.1. The summed E-state index contributed by atoms with van der Waals surface area (Å²) in [6.45, 7) is 4.09. The van der Waals surface area contributed by atoms with Crippen LogP contribution in [0.4, 0.5) is 0 Å². The van der Waals surface area contributed by atoms with E-state index in [4.69, 9.17) is 5.11 Å². The van der Waals surface area contributed by atoms with Gasteiger partial charge in [0.25, 0.3) is 0 Å². The van der Waals surface area contributed by atoms with E-state index >= 15 is 0 Å². The van der Waals surface area contributed by atoms with Crippen LogP contribution in [0.1, 0.15) is 11.4 Å². The molecular formula is C14H15NO2S. The normalized spacial score (nSPS) is 10.6. The zero-order valence-electron chi connectivity index (χ0n) is 10.4. The van der Waals surface area contributed by atoms with Crippen LogP contribution in [0.2, 0.25) is 0 Å². The van der Waals surface area contributed by atoms with E-state index in [1.165, 1.54) is 11.8 Å². The lowest BCUT2D eigenvalue weighted by Crippen LogP contribution is -2.02. The number of carbonyl (C=O) groups is 1. The number of thioether (sulfide) groups is 1. The van der Waals surface area contributed by atoms with Crippen LogP contribution >= 0.6 is 11.8 Å². The van der Waals surface area contributed by atoms with Gasteiger partial charge in [-0.05, 0) is 38.1 Å². The van der Waals surface area contributed by atoms with E-state index in [-0.39, 0.29) is 5.75 Å². The average molecular weight is 261 g/mol. The van der Waals surface area contributed by atoms with Crippen molar-refractivity contribution in [2.45, 2.75) is 18.7 Å². The van der Waals surface area contributed by atoms with E-state index in [2.05, 4.69) is 16.7 Å². The molecule has 1 N–H and O–H groups in total. The second-order valence-corrected chi connectivity index (χ2v) is 5.12. The lowest BCUT2D eigenvalue weighted by atomic mass is 10.3. The molecule has 2 aromatic rings. The average Bonchev–Trinajstić information content (AvgIpc) is 2.67. The maximum absolute atomic E-state index is 10.7. The maximum Gasteiger partial charge on any atom is 0.313 e. The molecule has 0 spiro atoms. The number of hydrogen-bond acceptors (Lipinski definition) is 2. The fourth-order valence-electron chi connectivity index (χ4n) is 1.95. The van der Waals surface area contributed by atoms with Gasteiger partial charge in [0.2, 0.25) is 0 Å². The van der Waals surface area contributed by atoms with Crippen molar-refractivity contribution in [2.75, 3.05) is 5.75 Å². The molecule has 0 saturated heterocycles. The summed E-state index contributed by atoms with van der Waals surface area (Å²) in [6, 6.07) is 12.0. The molecule has 0 fully saturated rings. The number of para-hydroxylation sites is 1. The molecule has 0 saturated carbocycles. The van der Waals surface area contributed by atoms with E-state index in [0.29, 0.717) is 0 Å². The summed E-state index contributed by atoms with van der Waals surface area (Å²) in [4.78, 5) is 11.7. The van der Waals surface area contributed by atoms with Gasteiger partial charge in [0, 0.05) is 16.3 Å². The topological polar surface area (TPSA) is 42.2 Å². The van der Waals surface area contributed by atoms with Crippen molar-refractivity contribution >= 4 is 17.7 Å². The Morgan fingerprint density at radius 1 is 1.17 bits per heavy atom. The first-order valence-corrected chi connectivity index (χ1v) is 6.67. The summed E-state index contributed by atoms with van der Waals surface area (Å²) < 4.78 is 2.14. The molecule has 94 valence electrons. The first kappa shape index (κ1) is 12.8. The van der Waals surface area contributed by atoms with Crippen molar-refractivity contribution in [1.82, 2.24) is 4.57 Å². The van der Waals surface area contributed by atoms with Crippen LogP contribution in [0.5, 0.6) is 0 Å². The SMILES string of the molecule is Cc1ccc(C)n1-c1ccccc1SCC(=O)O. The highest BCUT2D eigenvalue weighted by atomic mass is 32.2. The zero-order valence-corrected chi connectivity index (χ0v) is 11.2. The molecule has 0 bridgehead atoms. The minimum atomic E-state index is -0.796. The molecule has 4 heteroatoms. The number of aromatic nitrogens is 1. The third-order valence-electron chi connectivity index (χ3n) is 2.73. The van der Waals surface area contributed by atoms with Gasteiger partial charge in [0.15, 0.2) is 0 Å². The Morgan fingerprint density at radius 2 is 1.78 bits per heavy atom. The number of hydrogen-bond donors (Lipinski definition) is 1. The lowest BCUT2D eigenvalue weighted by Gasteiger charge is -2.13. The standard InChI is InChI=1S/C14H15NO2S/c1-10-7-8-11(2)15(10)12-5-3-4-6-13(12)18-9-14(16)17/h3-8H,9H2,1-2H3,(H,16,17). The molecule has 0 amide bonds. The highest BCUT2D eigenvalue weighted by molar-refractivity contribution is 8.00. The molecule has 18 heavy (non-hydrogen) atoms. The summed E-state index contributed by atoms with van der Waals surface area (Å²) in [6.07, 6.45) is 0. The third-order valence-corrected chi connectivity index (χ3v) is 3.78. The Balaban J connectivity index is 2.42. The molecule has 0 aliphatic rings. The van der Waals surface area contributed by atoms with Crippen LogP contribution in [-0.4, -0.2) is 21.4 Å². The first-order valence-electron chi connectivity index (χ1n) is 5.68. The smallest absolute Gasteiger partial charge is 0.313 e. The Bertz CT molecular complexity index is 555. The van der Waals surface area contributed by atoms with Crippen molar-refractivity contribution in [3.8, 4) is 5.69 Å². The van der Waals surface area contributed by atoms with Crippen LogP contribution in [0.15, 0.2) is 41.3 Å². The summed E-state index contributed by atoms with van der Waals surface area (Å²) in [5.74, 6) is -0.716. The van der Waals surface area contributed by atoms with Crippen molar-refractivity contribution in [3.05, 3.63) is 47.8 Å². The number of carboxylic acids is 1. The van der Waals surface area contributed by atoms with Gasteiger partial charge < -0.3 is 9.67 Å². The number of rotatable bonds is 4. The third kappa shape index (κ3) is 2.59. The molecule has 0 radical (unpaired) electrons. The minimum absolute atomic E-state index is 0.0797. The van der Waals surface area contributed by atoms with Gasteiger partial charge in [0.05, 0.1) is 11.4 Å². The fraction of sp³-hybridized carbons (Fsp3) is 0.214. The molecule has 1 heterocycles. The maximum atomic E-state index is 10.7. The molecule has 0 aliphatic carbocycles. The van der Waals surface area contributed by atoms with E-state index in [1.54, 1.807) is 0 Å². The van der Waals surface area contributed by atoms with E-state index in [0.717, 1.165) is 22.0 Å². The van der Waals surface area contributed by atoms with Crippen LogP contribution in [0.3, 0.4) is 0 Å². The molecule has 0 aliphatic heterocycles. The summed E-state index contributed by atoms with van der Waals surface area (Å²) in [5, 5.41) is 8.78. The lowest BCUT2D eigenvalue weighted by molar-refractivity contribution is -0.133. The molecule has 3 nitrogen and oxygen atoms in total. The molecule has 1 aromatic carbocycles. The van der Waals surface area contributed by atoms with E-state index < -0.39 is 5.97 Å². The molecule has 2 rings (SSSR count). The quantitative estimate of drug-likeness (QED) is 0.859. The molecule has 0 unspecified atom stereocenters. The van der Waals surface area contributed by atoms with Gasteiger partial charge in [-0.2, -0.15) is 0 Å². The summed E-state index contributed by atoms with van der Waals surface area (Å²) in [7, 11) is 0. The number of carboxylic acid groups (broad SMARTS) is 1. The van der Waals surface area contributed by atoms with Crippen molar-refractivity contribution in [2.24, 2.45) is 0 Å². The predicted molar refractivity (Wildman–Crippen MR) is 73.6 cm³/mol. The van der Waals surface area contributed by atoms with Crippen LogP contribution < -0.4 is 0 Å². The van der Waals surface area contributed by atoms with Gasteiger partial charge >= 0.3 is 5.97 Å². The monoisotopic (exact) mass is 261 g/mol. The fourth-order valence-corrected chi connectivity index (χ4v) is 2.71. The van der Waals surface area contributed by atoms with E-state index in [1.807, 2.05) is 38.1 Å². The second-order valence-electron chi connectivity index (χ2n) is 4.10. The van der Waals surface area contributed by atoms with Crippen LogP contribution in [0.25, 0.3) is 5.69 Å². The Kier molecular flexibility index (Phi) is 3.77. The van der Waals surface area contributed by atoms with Gasteiger partial charge in [0.1, 0.15) is 0 Å². The molecular weight excluding hydrogens is 246 g/mol. The molecule has 0 atom stereocenters. The Morgan fingerprint density at radius 3 is 2.39 bits per heavy atom.